The van der Waals surface area contributed by atoms with E-state index in [0.717, 1.165) is 11.1 Å². The molecule has 0 saturated carbocycles. The number of nitrogens with one attached hydrogen (secondary N) is 2. The number of hydrogen-bond donors (Lipinski definition) is 2. The molecule has 1 aliphatic heterocycles. The number of hydrogen-bond acceptors (Lipinski definition) is 4. The molecule has 6 nitrogen and oxygen atoms in total. The first-order valence-electron chi connectivity index (χ1n) is 9.96. The van der Waals surface area contributed by atoms with E-state index in [1.807, 2.05) is 19.9 Å². The van der Waals surface area contributed by atoms with Crippen molar-refractivity contribution in [2.24, 2.45) is 0 Å². The van der Waals surface area contributed by atoms with E-state index in [-0.39, 0.29) is 12.5 Å². The molecular weight excluding hydrogens is 411 g/mol. The van der Waals surface area contributed by atoms with Gasteiger partial charge in [-0.15, -0.1) is 0 Å². The van der Waals surface area contributed by atoms with Crippen molar-refractivity contribution < 1.29 is 23.5 Å². The van der Waals surface area contributed by atoms with E-state index < -0.39 is 17.6 Å². The molecule has 7 heteroatoms. The molecule has 0 atom stereocenters. The highest BCUT2D eigenvalue weighted by molar-refractivity contribution is 6.10. The Kier molecular flexibility index (Phi) is 5.89. The van der Waals surface area contributed by atoms with Gasteiger partial charge in [-0.05, 0) is 85.1 Å². The molecule has 0 aromatic heterocycles. The van der Waals surface area contributed by atoms with Crippen LogP contribution in [0.5, 0.6) is 11.5 Å². The standard InChI is InChI=1S/C25H21FN2O4/c1-15-3-5-18(11-16(15)2)24(29)28-21(25(30)27-20-8-6-19(26)7-9-20)12-17-4-10-22-23(13-17)32-14-31-22/h3-13H,14H2,1-2H3,(H,27,30)(H,28,29)/b21-12+. The van der Waals surface area contributed by atoms with Crippen LogP contribution < -0.4 is 20.1 Å². The maximum Gasteiger partial charge on any atom is 0.272 e. The van der Waals surface area contributed by atoms with Gasteiger partial charge in [-0.3, -0.25) is 9.59 Å². The number of aryl methyl sites for hydroxylation is 2. The minimum absolute atomic E-state index is 0.0245. The Bertz CT molecular complexity index is 1220. The van der Waals surface area contributed by atoms with Crippen LogP contribution in [0, 0.1) is 19.7 Å². The van der Waals surface area contributed by atoms with Crippen LogP contribution in [-0.2, 0) is 4.79 Å². The molecule has 0 fully saturated rings. The average molecular weight is 432 g/mol. The largest absolute Gasteiger partial charge is 0.454 e. The third-order valence-electron chi connectivity index (χ3n) is 5.07. The third-order valence-corrected chi connectivity index (χ3v) is 5.07. The molecule has 3 aromatic carbocycles. The summed E-state index contributed by atoms with van der Waals surface area (Å²) in [6.07, 6.45) is 1.54. The SMILES string of the molecule is Cc1ccc(C(=O)N/C(=C/c2ccc3c(c2)OCO3)C(=O)Nc2ccc(F)cc2)cc1C. The Morgan fingerprint density at radius 3 is 2.41 bits per heavy atom. The fraction of sp³-hybridized carbons (Fsp3) is 0.120. The summed E-state index contributed by atoms with van der Waals surface area (Å²) in [6.45, 7) is 4.00. The normalized spacial score (nSPS) is 12.4. The molecule has 3 aromatic rings. The quantitative estimate of drug-likeness (QED) is 0.579. The fourth-order valence-electron chi connectivity index (χ4n) is 3.14. The maximum absolute atomic E-state index is 13.2. The molecule has 2 N–H and O–H groups in total. The fourth-order valence-corrected chi connectivity index (χ4v) is 3.14. The second-order valence-electron chi connectivity index (χ2n) is 7.38. The Hall–Kier alpha value is -4.13. The van der Waals surface area contributed by atoms with Crippen LogP contribution in [0.15, 0.2) is 66.4 Å². The highest BCUT2D eigenvalue weighted by atomic mass is 19.1. The van der Waals surface area contributed by atoms with Crippen LogP contribution >= 0.6 is 0 Å². The van der Waals surface area contributed by atoms with Crippen molar-refractivity contribution in [2.75, 3.05) is 12.1 Å². The number of halogens is 1. The zero-order chi connectivity index (χ0) is 22.7. The number of ether oxygens (including phenoxy) is 2. The summed E-state index contributed by atoms with van der Waals surface area (Å²) >= 11 is 0. The predicted octanol–water partition coefficient (Wildman–Crippen LogP) is 4.58. The van der Waals surface area contributed by atoms with Crippen molar-refractivity contribution >= 4 is 23.6 Å². The van der Waals surface area contributed by atoms with Gasteiger partial charge < -0.3 is 20.1 Å². The van der Waals surface area contributed by atoms with E-state index in [1.54, 1.807) is 36.4 Å². The number of rotatable bonds is 5. The number of anilines is 1. The summed E-state index contributed by atoms with van der Waals surface area (Å²) in [5.74, 6) is -0.223. The zero-order valence-electron chi connectivity index (χ0n) is 17.6. The summed E-state index contributed by atoms with van der Waals surface area (Å²) in [6, 6.07) is 15.9. The molecule has 4 rings (SSSR count). The average Bonchev–Trinajstić information content (AvgIpc) is 3.24. The lowest BCUT2D eigenvalue weighted by molar-refractivity contribution is -0.113. The number of amides is 2. The Morgan fingerprint density at radius 2 is 1.66 bits per heavy atom. The van der Waals surface area contributed by atoms with Gasteiger partial charge in [0, 0.05) is 11.3 Å². The van der Waals surface area contributed by atoms with Crippen LogP contribution in [0.2, 0.25) is 0 Å². The first-order valence-corrected chi connectivity index (χ1v) is 9.96. The van der Waals surface area contributed by atoms with Crippen molar-refractivity contribution in [3.63, 3.8) is 0 Å². The van der Waals surface area contributed by atoms with Gasteiger partial charge in [0.15, 0.2) is 11.5 Å². The summed E-state index contributed by atoms with van der Waals surface area (Å²) in [5.41, 5.74) is 3.52. The molecule has 32 heavy (non-hydrogen) atoms. The number of fused-ring (bicyclic) bond motifs is 1. The smallest absolute Gasteiger partial charge is 0.272 e. The van der Waals surface area contributed by atoms with E-state index in [4.69, 9.17) is 9.47 Å². The van der Waals surface area contributed by atoms with Gasteiger partial charge in [0.1, 0.15) is 11.5 Å². The summed E-state index contributed by atoms with van der Waals surface area (Å²) < 4.78 is 23.9. The van der Waals surface area contributed by atoms with Gasteiger partial charge in [0.2, 0.25) is 6.79 Å². The summed E-state index contributed by atoms with van der Waals surface area (Å²) in [4.78, 5) is 25.9. The van der Waals surface area contributed by atoms with Crippen LogP contribution in [-0.4, -0.2) is 18.6 Å². The number of benzene rings is 3. The lowest BCUT2D eigenvalue weighted by Gasteiger charge is -2.12. The maximum atomic E-state index is 13.2. The molecule has 1 aliphatic rings. The van der Waals surface area contributed by atoms with Crippen molar-refractivity contribution in [1.29, 1.82) is 0 Å². The van der Waals surface area contributed by atoms with Crippen LogP contribution in [0.4, 0.5) is 10.1 Å². The minimum atomic E-state index is -0.550. The highest BCUT2D eigenvalue weighted by Gasteiger charge is 2.17. The Labute approximate surface area is 184 Å². The van der Waals surface area contributed by atoms with Gasteiger partial charge in [0.25, 0.3) is 11.8 Å². The van der Waals surface area contributed by atoms with Gasteiger partial charge >= 0.3 is 0 Å². The molecule has 0 saturated heterocycles. The first-order chi connectivity index (χ1) is 15.4. The van der Waals surface area contributed by atoms with E-state index in [0.29, 0.717) is 28.3 Å². The molecule has 1 heterocycles. The van der Waals surface area contributed by atoms with Crippen molar-refractivity contribution in [1.82, 2.24) is 5.32 Å². The molecule has 0 radical (unpaired) electrons. The third kappa shape index (κ3) is 4.78. The van der Waals surface area contributed by atoms with Crippen molar-refractivity contribution in [3.05, 3.63) is 94.4 Å². The molecule has 0 bridgehead atoms. The highest BCUT2D eigenvalue weighted by Crippen LogP contribution is 2.33. The lowest BCUT2D eigenvalue weighted by Crippen LogP contribution is -2.30. The number of carbonyl (C=O) groups excluding carboxylic acids is 2. The van der Waals surface area contributed by atoms with E-state index in [1.165, 1.54) is 24.3 Å². The van der Waals surface area contributed by atoms with Gasteiger partial charge in [-0.2, -0.15) is 0 Å². The van der Waals surface area contributed by atoms with Crippen LogP contribution in [0.25, 0.3) is 6.08 Å². The molecule has 0 spiro atoms. The van der Waals surface area contributed by atoms with Crippen LogP contribution in [0.3, 0.4) is 0 Å². The van der Waals surface area contributed by atoms with Gasteiger partial charge in [-0.1, -0.05) is 12.1 Å². The number of carbonyl (C=O) groups is 2. The van der Waals surface area contributed by atoms with Crippen molar-refractivity contribution in [3.8, 4) is 11.5 Å². The van der Waals surface area contributed by atoms with Crippen LogP contribution in [0.1, 0.15) is 27.0 Å². The topological polar surface area (TPSA) is 76.7 Å². The van der Waals surface area contributed by atoms with Gasteiger partial charge in [-0.25, -0.2) is 4.39 Å². The molecule has 0 unspecified atom stereocenters. The molecule has 0 aliphatic carbocycles. The molecule has 2 amide bonds. The summed E-state index contributed by atoms with van der Waals surface area (Å²) in [7, 11) is 0. The Balaban J connectivity index is 1.63. The van der Waals surface area contributed by atoms with Crippen molar-refractivity contribution in [2.45, 2.75) is 13.8 Å². The van der Waals surface area contributed by atoms with E-state index >= 15 is 0 Å². The second kappa shape index (κ2) is 8.93. The van der Waals surface area contributed by atoms with Gasteiger partial charge in [0.05, 0.1) is 0 Å². The zero-order valence-corrected chi connectivity index (χ0v) is 17.6. The van der Waals surface area contributed by atoms with E-state index in [9.17, 15) is 14.0 Å². The first kappa shape index (κ1) is 21.1. The monoisotopic (exact) mass is 432 g/mol. The molecular formula is C25H21FN2O4. The molecule has 162 valence electrons. The predicted molar refractivity (Wildman–Crippen MR) is 119 cm³/mol. The van der Waals surface area contributed by atoms with E-state index in [2.05, 4.69) is 10.6 Å². The second-order valence-corrected chi connectivity index (χ2v) is 7.38. The lowest BCUT2D eigenvalue weighted by atomic mass is 10.1. The minimum Gasteiger partial charge on any atom is -0.454 e. The Morgan fingerprint density at radius 1 is 0.906 bits per heavy atom. The summed E-state index contributed by atoms with van der Waals surface area (Å²) in [5, 5.41) is 5.37.